The molecule has 1 N–H and O–H groups in total. The third kappa shape index (κ3) is 3.65. The summed E-state index contributed by atoms with van der Waals surface area (Å²) >= 11 is 0. The molecular weight excluding hydrogens is 300 g/mol. The number of carbonyl (C=O) groups is 1. The van der Waals surface area contributed by atoms with E-state index >= 15 is 0 Å². The number of hydrogen-bond acceptors (Lipinski definition) is 3. The maximum atomic E-state index is 11.8. The molecule has 1 aliphatic carbocycles. The highest BCUT2D eigenvalue weighted by atomic mass is 16.5. The normalized spacial score (nSPS) is 30.1. The van der Waals surface area contributed by atoms with E-state index in [4.69, 9.17) is 4.74 Å². The number of amides is 1. The zero-order valence-electron chi connectivity index (χ0n) is 14.5. The highest BCUT2D eigenvalue weighted by molar-refractivity contribution is 5.80. The Morgan fingerprint density at radius 1 is 1.33 bits per heavy atom. The van der Waals surface area contributed by atoms with Crippen LogP contribution >= 0.6 is 0 Å². The Morgan fingerprint density at radius 3 is 3.00 bits per heavy atom. The molecule has 0 radical (unpaired) electrons. The minimum atomic E-state index is 0.221. The predicted molar refractivity (Wildman–Crippen MR) is 93.5 cm³/mol. The molecular formula is C20H28N2O2. The zero-order valence-corrected chi connectivity index (χ0v) is 14.5. The van der Waals surface area contributed by atoms with Crippen molar-refractivity contribution in [3.63, 3.8) is 0 Å². The largest absolute Gasteiger partial charge is 0.376 e. The van der Waals surface area contributed by atoms with Gasteiger partial charge in [0, 0.05) is 31.5 Å². The first kappa shape index (κ1) is 16.1. The Morgan fingerprint density at radius 2 is 2.21 bits per heavy atom. The summed E-state index contributed by atoms with van der Waals surface area (Å²) in [7, 11) is 0. The molecule has 4 rings (SSSR count). The number of benzene rings is 1. The molecule has 1 amide bonds. The monoisotopic (exact) mass is 328 g/mol. The summed E-state index contributed by atoms with van der Waals surface area (Å²) in [5, 5.41) is 3.10. The van der Waals surface area contributed by atoms with Gasteiger partial charge in [-0.3, -0.25) is 9.69 Å². The number of nitrogens with one attached hydrogen (secondary N) is 1. The number of fused-ring (bicyclic) bond motifs is 1. The maximum Gasteiger partial charge on any atom is 0.223 e. The number of ether oxygens (including phenoxy) is 1. The minimum Gasteiger partial charge on any atom is -0.376 e. The Bertz CT molecular complexity index is 599. The number of carbonyl (C=O) groups excluding carboxylic acids is 1. The van der Waals surface area contributed by atoms with E-state index in [9.17, 15) is 4.79 Å². The fourth-order valence-corrected chi connectivity index (χ4v) is 4.28. The van der Waals surface area contributed by atoms with Crippen molar-refractivity contribution in [3.8, 4) is 0 Å². The molecule has 0 bridgehead atoms. The van der Waals surface area contributed by atoms with E-state index in [1.54, 1.807) is 0 Å². The Labute approximate surface area is 144 Å². The van der Waals surface area contributed by atoms with Crippen LogP contribution in [0.3, 0.4) is 0 Å². The lowest BCUT2D eigenvalue weighted by Gasteiger charge is -2.35. The highest BCUT2D eigenvalue weighted by Gasteiger charge is 2.41. The van der Waals surface area contributed by atoms with Crippen molar-refractivity contribution < 1.29 is 9.53 Å². The quantitative estimate of drug-likeness (QED) is 0.902. The molecule has 2 aliphatic heterocycles. The van der Waals surface area contributed by atoms with Crippen molar-refractivity contribution in [2.24, 2.45) is 17.8 Å². The van der Waals surface area contributed by atoms with Gasteiger partial charge >= 0.3 is 0 Å². The van der Waals surface area contributed by atoms with Gasteiger partial charge in [-0.25, -0.2) is 0 Å². The first-order valence-corrected chi connectivity index (χ1v) is 9.36. The van der Waals surface area contributed by atoms with Gasteiger partial charge < -0.3 is 10.1 Å². The van der Waals surface area contributed by atoms with Gasteiger partial charge in [0.2, 0.25) is 5.91 Å². The first-order chi connectivity index (χ1) is 11.7. The van der Waals surface area contributed by atoms with Crippen LogP contribution in [0.2, 0.25) is 0 Å². The molecule has 3 aliphatic rings. The van der Waals surface area contributed by atoms with Crippen LogP contribution in [0.1, 0.15) is 30.4 Å². The van der Waals surface area contributed by atoms with E-state index in [-0.39, 0.29) is 12.0 Å². The topological polar surface area (TPSA) is 41.6 Å². The third-order valence-electron chi connectivity index (χ3n) is 5.79. The fourth-order valence-electron chi connectivity index (χ4n) is 4.28. The van der Waals surface area contributed by atoms with Crippen molar-refractivity contribution in [1.29, 1.82) is 0 Å². The molecule has 1 saturated carbocycles. The van der Waals surface area contributed by atoms with Crippen molar-refractivity contribution in [3.05, 3.63) is 35.4 Å². The number of nitrogens with zero attached hydrogens (tertiary/aromatic N) is 1. The average Bonchev–Trinajstić information content (AvgIpc) is 3.34. The standard InChI is InChI=1S/C20H28N2O2/c1-14-3-2-4-15(9-14)11-22-8-7-18-17(12-22)13-24-19(18)10-21-20(23)16-5-6-16/h2-4,9,16-19H,5-8,10-13H2,1H3,(H,21,23)/t17-,18-,19+/m1/s1. The lowest BCUT2D eigenvalue weighted by molar-refractivity contribution is -0.122. The summed E-state index contributed by atoms with van der Waals surface area (Å²) in [4.78, 5) is 14.4. The zero-order chi connectivity index (χ0) is 16.5. The molecule has 4 heteroatoms. The lowest BCUT2D eigenvalue weighted by Crippen LogP contribution is -2.43. The van der Waals surface area contributed by atoms with Gasteiger partial charge in [-0.05, 0) is 44.2 Å². The summed E-state index contributed by atoms with van der Waals surface area (Å²) in [5.74, 6) is 1.75. The second-order valence-corrected chi connectivity index (χ2v) is 7.83. The van der Waals surface area contributed by atoms with E-state index in [2.05, 4.69) is 41.4 Å². The molecule has 3 fully saturated rings. The first-order valence-electron chi connectivity index (χ1n) is 9.36. The Kier molecular flexibility index (Phi) is 4.59. The molecule has 2 heterocycles. The smallest absolute Gasteiger partial charge is 0.223 e. The summed E-state index contributed by atoms with van der Waals surface area (Å²) in [6.07, 6.45) is 3.54. The number of rotatable bonds is 5. The Hall–Kier alpha value is -1.39. The molecule has 1 aromatic rings. The van der Waals surface area contributed by atoms with Crippen LogP contribution in [0.15, 0.2) is 24.3 Å². The summed E-state index contributed by atoms with van der Waals surface area (Å²) in [5.41, 5.74) is 2.73. The maximum absolute atomic E-state index is 11.8. The summed E-state index contributed by atoms with van der Waals surface area (Å²) in [6, 6.07) is 8.81. The van der Waals surface area contributed by atoms with Crippen molar-refractivity contribution in [2.75, 3.05) is 26.2 Å². The van der Waals surface area contributed by atoms with Crippen LogP contribution < -0.4 is 5.32 Å². The number of hydrogen-bond donors (Lipinski definition) is 1. The van der Waals surface area contributed by atoms with Crippen LogP contribution in [0.5, 0.6) is 0 Å². The lowest BCUT2D eigenvalue weighted by atomic mass is 9.84. The number of aryl methyl sites for hydroxylation is 1. The fraction of sp³-hybridized carbons (Fsp3) is 0.650. The molecule has 2 saturated heterocycles. The second kappa shape index (κ2) is 6.85. The molecule has 1 aromatic carbocycles. The van der Waals surface area contributed by atoms with Crippen LogP contribution in [0.4, 0.5) is 0 Å². The Balaban J connectivity index is 1.28. The van der Waals surface area contributed by atoms with Gasteiger partial charge in [0.1, 0.15) is 0 Å². The van der Waals surface area contributed by atoms with Gasteiger partial charge in [0.05, 0.1) is 12.7 Å². The van der Waals surface area contributed by atoms with Crippen LogP contribution in [-0.2, 0) is 16.1 Å². The van der Waals surface area contributed by atoms with E-state index in [0.717, 1.165) is 39.1 Å². The molecule has 24 heavy (non-hydrogen) atoms. The van der Waals surface area contributed by atoms with E-state index in [1.807, 2.05) is 0 Å². The van der Waals surface area contributed by atoms with Gasteiger partial charge in [-0.1, -0.05) is 29.8 Å². The second-order valence-electron chi connectivity index (χ2n) is 7.83. The number of likely N-dealkylation sites (tertiary alicyclic amines) is 1. The van der Waals surface area contributed by atoms with Crippen LogP contribution in [-0.4, -0.2) is 43.2 Å². The molecule has 0 unspecified atom stereocenters. The third-order valence-corrected chi connectivity index (χ3v) is 5.79. The van der Waals surface area contributed by atoms with Crippen LogP contribution in [0, 0.1) is 24.7 Å². The van der Waals surface area contributed by atoms with E-state index < -0.39 is 0 Å². The molecule has 0 aromatic heterocycles. The van der Waals surface area contributed by atoms with Gasteiger partial charge in [-0.15, -0.1) is 0 Å². The minimum absolute atomic E-state index is 0.221. The highest BCUT2D eigenvalue weighted by Crippen LogP contribution is 2.35. The van der Waals surface area contributed by atoms with Crippen molar-refractivity contribution in [1.82, 2.24) is 10.2 Å². The van der Waals surface area contributed by atoms with Crippen molar-refractivity contribution >= 4 is 5.91 Å². The molecule has 3 atom stereocenters. The molecule has 0 spiro atoms. The SMILES string of the molecule is Cc1cccc(CN2CC[C@@H]3[C@@H](CO[C@H]3CNC(=O)C3CC3)C2)c1. The molecule has 4 nitrogen and oxygen atoms in total. The molecule has 130 valence electrons. The average molecular weight is 328 g/mol. The van der Waals surface area contributed by atoms with Gasteiger partial charge in [0.15, 0.2) is 0 Å². The summed E-state index contributed by atoms with van der Waals surface area (Å²) < 4.78 is 6.03. The summed E-state index contributed by atoms with van der Waals surface area (Å²) in [6.45, 7) is 6.99. The van der Waals surface area contributed by atoms with Gasteiger partial charge in [-0.2, -0.15) is 0 Å². The van der Waals surface area contributed by atoms with E-state index in [1.165, 1.54) is 17.5 Å². The van der Waals surface area contributed by atoms with Crippen molar-refractivity contribution in [2.45, 2.75) is 38.8 Å². The van der Waals surface area contributed by atoms with Crippen LogP contribution in [0.25, 0.3) is 0 Å². The van der Waals surface area contributed by atoms with Gasteiger partial charge in [0.25, 0.3) is 0 Å². The predicted octanol–water partition coefficient (Wildman–Crippen LogP) is 2.36. The van der Waals surface area contributed by atoms with E-state index in [0.29, 0.717) is 24.3 Å². The number of piperidine rings is 1.